The second-order valence-electron chi connectivity index (χ2n) is 2.85. The molecular formula is C8H15N3O2. The predicted octanol–water partition coefficient (Wildman–Crippen LogP) is 0.115. The van der Waals surface area contributed by atoms with Crippen molar-refractivity contribution in [1.82, 2.24) is 15.0 Å². The van der Waals surface area contributed by atoms with Crippen LogP contribution in [0.25, 0.3) is 0 Å². The molecule has 5 nitrogen and oxygen atoms in total. The molecule has 74 valence electrons. The van der Waals surface area contributed by atoms with Gasteiger partial charge in [0.2, 0.25) is 0 Å². The van der Waals surface area contributed by atoms with Crippen molar-refractivity contribution >= 4 is 0 Å². The van der Waals surface area contributed by atoms with Crippen LogP contribution in [0.2, 0.25) is 0 Å². The third-order valence-electron chi connectivity index (χ3n) is 1.95. The van der Waals surface area contributed by atoms with Crippen LogP contribution in [0, 0.1) is 6.92 Å². The molecule has 1 N–H and O–H groups in total. The first-order valence-electron chi connectivity index (χ1n) is 4.28. The van der Waals surface area contributed by atoms with E-state index in [1.54, 1.807) is 11.8 Å². The van der Waals surface area contributed by atoms with Gasteiger partial charge in [0.15, 0.2) is 0 Å². The first-order valence-corrected chi connectivity index (χ1v) is 4.28. The summed E-state index contributed by atoms with van der Waals surface area (Å²) in [5.74, 6) is 0. The van der Waals surface area contributed by atoms with E-state index in [4.69, 9.17) is 9.84 Å². The molecule has 1 aromatic heterocycles. The number of aromatic nitrogens is 3. The molecule has 13 heavy (non-hydrogen) atoms. The minimum Gasteiger partial charge on any atom is -0.390 e. The number of nitrogens with zero attached hydrogens (tertiary/aromatic N) is 3. The average molecular weight is 185 g/mol. The maximum atomic E-state index is 8.86. The molecular weight excluding hydrogens is 170 g/mol. The number of aryl methyl sites for hydroxylation is 1. The van der Waals surface area contributed by atoms with Gasteiger partial charge in [-0.1, -0.05) is 5.21 Å². The van der Waals surface area contributed by atoms with Crippen molar-refractivity contribution in [3.8, 4) is 0 Å². The third kappa shape index (κ3) is 2.50. The molecule has 0 saturated carbocycles. The van der Waals surface area contributed by atoms with E-state index in [-0.39, 0.29) is 6.61 Å². The SMILES string of the molecule is COCCCn1nnc(CO)c1C. The summed E-state index contributed by atoms with van der Waals surface area (Å²) >= 11 is 0. The Morgan fingerprint density at radius 2 is 2.31 bits per heavy atom. The minimum absolute atomic E-state index is 0.0455. The van der Waals surface area contributed by atoms with Gasteiger partial charge in [0.05, 0.1) is 12.3 Å². The quantitative estimate of drug-likeness (QED) is 0.662. The van der Waals surface area contributed by atoms with Crippen molar-refractivity contribution in [2.24, 2.45) is 0 Å². The number of rotatable bonds is 5. The van der Waals surface area contributed by atoms with Gasteiger partial charge in [-0.15, -0.1) is 5.10 Å². The molecule has 0 bridgehead atoms. The molecule has 0 aliphatic carbocycles. The average Bonchev–Trinajstić information content (AvgIpc) is 2.48. The van der Waals surface area contributed by atoms with Crippen LogP contribution in [0.1, 0.15) is 17.8 Å². The molecule has 1 heterocycles. The number of aliphatic hydroxyl groups excluding tert-OH is 1. The molecule has 0 spiro atoms. The molecule has 0 aliphatic rings. The second-order valence-corrected chi connectivity index (χ2v) is 2.85. The molecule has 5 heteroatoms. The Morgan fingerprint density at radius 1 is 1.54 bits per heavy atom. The Bertz CT molecular complexity index is 260. The summed E-state index contributed by atoms with van der Waals surface area (Å²) in [6.45, 7) is 3.36. The monoisotopic (exact) mass is 185 g/mol. The summed E-state index contributed by atoms with van der Waals surface area (Å²) in [7, 11) is 1.67. The van der Waals surface area contributed by atoms with Crippen LogP contribution in [0.5, 0.6) is 0 Å². The summed E-state index contributed by atoms with van der Waals surface area (Å²) in [5, 5.41) is 16.6. The first-order chi connectivity index (χ1) is 6.29. The zero-order valence-electron chi connectivity index (χ0n) is 8.03. The largest absolute Gasteiger partial charge is 0.390 e. The van der Waals surface area contributed by atoms with Crippen molar-refractivity contribution in [2.45, 2.75) is 26.5 Å². The minimum atomic E-state index is -0.0455. The highest BCUT2D eigenvalue weighted by Crippen LogP contribution is 2.03. The first kappa shape index (κ1) is 10.1. The highest BCUT2D eigenvalue weighted by molar-refractivity contribution is 5.05. The lowest BCUT2D eigenvalue weighted by Crippen LogP contribution is -2.05. The van der Waals surface area contributed by atoms with Crippen molar-refractivity contribution in [1.29, 1.82) is 0 Å². The smallest absolute Gasteiger partial charge is 0.111 e. The Hall–Kier alpha value is -0.940. The molecule has 1 rings (SSSR count). The number of ether oxygens (including phenoxy) is 1. The molecule has 0 unspecified atom stereocenters. The molecule has 0 saturated heterocycles. The van der Waals surface area contributed by atoms with Crippen LogP contribution < -0.4 is 0 Å². The van der Waals surface area contributed by atoms with Crippen molar-refractivity contribution < 1.29 is 9.84 Å². The van der Waals surface area contributed by atoms with E-state index >= 15 is 0 Å². The van der Waals surface area contributed by atoms with Gasteiger partial charge in [0.1, 0.15) is 5.69 Å². The lowest BCUT2D eigenvalue weighted by molar-refractivity contribution is 0.188. The molecule has 0 radical (unpaired) electrons. The summed E-state index contributed by atoms with van der Waals surface area (Å²) in [6.07, 6.45) is 0.908. The summed E-state index contributed by atoms with van der Waals surface area (Å²) < 4.78 is 6.71. The number of methoxy groups -OCH3 is 1. The number of aliphatic hydroxyl groups is 1. The van der Waals surface area contributed by atoms with E-state index in [0.717, 1.165) is 18.7 Å². The molecule has 0 aliphatic heterocycles. The number of hydrogen-bond donors (Lipinski definition) is 1. The highest BCUT2D eigenvalue weighted by atomic mass is 16.5. The van der Waals surface area contributed by atoms with Crippen LogP contribution in [0.4, 0.5) is 0 Å². The molecule has 0 fully saturated rings. The fourth-order valence-corrected chi connectivity index (χ4v) is 1.11. The van der Waals surface area contributed by atoms with Gasteiger partial charge < -0.3 is 9.84 Å². The Kier molecular flexibility index (Phi) is 3.85. The standard InChI is InChI=1S/C8H15N3O2/c1-7-8(6-12)9-10-11(7)4-3-5-13-2/h12H,3-6H2,1-2H3. The van der Waals surface area contributed by atoms with E-state index in [9.17, 15) is 0 Å². The van der Waals surface area contributed by atoms with Crippen LogP contribution in [-0.2, 0) is 17.9 Å². The van der Waals surface area contributed by atoms with Gasteiger partial charge in [0.25, 0.3) is 0 Å². The third-order valence-corrected chi connectivity index (χ3v) is 1.95. The van der Waals surface area contributed by atoms with Crippen LogP contribution in [0.3, 0.4) is 0 Å². The normalized spacial score (nSPS) is 10.7. The Balaban J connectivity index is 2.51. The van der Waals surface area contributed by atoms with E-state index in [1.807, 2.05) is 6.92 Å². The van der Waals surface area contributed by atoms with Crippen LogP contribution >= 0.6 is 0 Å². The maximum absolute atomic E-state index is 8.86. The highest BCUT2D eigenvalue weighted by Gasteiger charge is 2.05. The zero-order chi connectivity index (χ0) is 9.68. The van der Waals surface area contributed by atoms with Crippen molar-refractivity contribution in [2.75, 3.05) is 13.7 Å². The fraction of sp³-hybridized carbons (Fsp3) is 0.750. The van der Waals surface area contributed by atoms with Crippen LogP contribution in [-0.4, -0.2) is 33.8 Å². The molecule has 0 amide bonds. The summed E-state index contributed by atoms with van der Waals surface area (Å²) in [6, 6.07) is 0. The molecule has 0 aromatic carbocycles. The maximum Gasteiger partial charge on any atom is 0.111 e. The van der Waals surface area contributed by atoms with Gasteiger partial charge in [0, 0.05) is 20.3 Å². The zero-order valence-corrected chi connectivity index (χ0v) is 8.03. The molecule has 1 aromatic rings. The van der Waals surface area contributed by atoms with E-state index < -0.39 is 0 Å². The summed E-state index contributed by atoms with van der Waals surface area (Å²) in [5.41, 5.74) is 1.58. The van der Waals surface area contributed by atoms with Gasteiger partial charge in [-0.3, -0.25) is 0 Å². The lowest BCUT2D eigenvalue weighted by Gasteiger charge is -2.02. The Labute approximate surface area is 77.3 Å². The molecule has 0 atom stereocenters. The van der Waals surface area contributed by atoms with Gasteiger partial charge >= 0.3 is 0 Å². The van der Waals surface area contributed by atoms with E-state index in [1.165, 1.54) is 0 Å². The number of hydrogen-bond acceptors (Lipinski definition) is 4. The van der Waals surface area contributed by atoms with Crippen molar-refractivity contribution in [3.63, 3.8) is 0 Å². The van der Waals surface area contributed by atoms with Gasteiger partial charge in [-0.05, 0) is 13.3 Å². The topological polar surface area (TPSA) is 60.2 Å². The summed E-state index contributed by atoms with van der Waals surface area (Å²) in [4.78, 5) is 0. The Morgan fingerprint density at radius 3 is 2.85 bits per heavy atom. The van der Waals surface area contributed by atoms with E-state index in [2.05, 4.69) is 10.3 Å². The van der Waals surface area contributed by atoms with Crippen molar-refractivity contribution in [3.05, 3.63) is 11.4 Å². The van der Waals surface area contributed by atoms with Gasteiger partial charge in [-0.2, -0.15) is 0 Å². The fourth-order valence-electron chi connectivity index (χ4n) is 1.11. The van der Waals surface area contributed by atoms with E-state index in [0.29, 0.717) is 12.3 Å². The lowest BCUT2D eigenvalue weighted by atomic mass is 10.3. The van der Waals surface area contributed by atoms with Gasteiger partial charge in [-0.25, -0.2) is 4.68 Å². The second kappa shape index (κ2) is 4.94. The van der Waals surface area contributed by atoms with Crippen LogP contribution in [0.15, 0.2) is 0 Å². The predicted molar refractivity (Wildman–Crippen MR) is 47.2 cm³/mol.